The third-order valence-corrected chi connectivity index (χ3v) is 6.48. The summed E-state index contributed by atoms with van der Waals surface area (Å²) in [6.07, 6.45) is 3.80. The SMILES string of the molecule is O=S(=O)(c1ccc(NCCc2nc3ccc(F)cc3[nH]2)nc1)N1CCCC1. The van der Waals surface area contributed by atoms with Crippen LogP contribution < -0.4 is 5.32 Å². The van der Waals surface area contributed by atoms with Crippen molar-refractivity contribution < 1.29 is 12.8 Å². The zero-order valence-electron chi connectivity index (χ0n) is 14.7. The molecule has 2 aromatic heterocycles. The first-order valence-corrected chi connectivity index (χ1v) is 10.3. The average molecular weight is 389 g/mol. The minimum absolute atomic E-state index is 0.217. The highest BCUT2D eigenvalue weighted by Gasteiger charge is 2.27. The van der Waals surface area contributed by atoms with Gasteiger partial charge in [-0.15, -0.1) is 0 Å². The number of halogens is 1. The Morgan fingerprint density at radius 2 is 2.00 bits per heavy atom. The molecule has 0 unspecified atom stereocenters. The van der Waals surface area contributed by atoms with Crippen LogP contribution >= 0.6 is 0 Å². The second-order valence-electron chi connectivity index (χ2n) is 6.51. The number of hydrogen-bond acceptors (Lipinski definition) is 5. The van der Waals surface area contributed by atoms with E-state index in [2.05, 4.69) is 20.3 Å². The van der Waals surface area contributed by atoms with E-state index in [9.17, 15) is 12.8 Å². The highest BCUT2D eigenvalue weighted by Crippen LogP contribution is 2.21. The smallest absolute Gasteiger partial charge is 0.244 e. The molecule has 3 heterocycles. The Morgan fingerprint density at radius 3 is 2.74 bits per heavy atom. The molecule has 0 radical (unpaired) electrons. The number of pyridine rings is 1. The van der Waals surface area contributed by atoms with Crippen LogP contribution in [-0.4, -0.2) is 47.3 Å². The van der Waals surface area contributed by atoms with Crippen molar-refractivity contribution in [2.24, 2.45) is 0 Å². The van der Waals surface area contributed by atoms with E-state index in [1.165, 1.54) is 22.6 Å². The Morgan fingerprint density at radius 1 is 1.19 bits per heavy atom. The molecule has 27 heavy (non-hydrogen) atoms. The highest BCUT2D eigenvalue weighted by atomic mass is 32.2. The van der Waals surface area contributed by atoms with Crippen molar-refractivity contribution in [1.82, 2.24) is 19.3 Å². The molecule has 7 nitrogen and oxygen atoms in total. The van der Waals surface area contributed by atoms with E-state index in [0.717, 1.165) is 24.2 Å². The number of rotatable bonds is 6. The van der Waals surface area contributed by atoms with Crippen LogP contribution in [0.25, 0.3) is 11.0 Å². The van der Waals surface area contributed by atoms with Gasteiger partial charge in [0.25, 0.3) is 0 Å². The van der Waals surface area contributed by atoms with Crippen molar-refractivity contribution in [2.75, 3.05) is 25.0 Å². The molecule has 0 amide bonds. The Hall–Kier alpha value is -2.52. The number of imidazole rings is 1. The first kappa shape index (κ1) is 17.9. The number of fused-ring (bicyclic) bond motifs is 1. The standard InChI is InChI=1S/C18H20FN5O2S/c19-13-3-5-15-16(11-13)23-18(22-15)7-8-20-17-6-4-14(12-21-17)27(25,26)24-9-1-2-10-24/h3-6,11-12H,1-2,7-10H2,(H,20,21)(H,22,23). The molecule has 0 bridgehead atoms. The van der Waals surface area contributed by atoms with Crippen LogP contribution in [0.3, 0.4) is 0 Å². The Bertz CT molecular complexity index is 1040. The van der Waals surface area contributed by atoms with E-state index in [1.54, 1.807) is 18.2 Å². The second-order valence-corrected chi connectivity index (χ2v) is 8.45. The number of H-pyrrole nitrogens is 1. The largest absolute Gasteiger partial charge is 0.370 e. The van der Waals surface area contributed by atoms with E-state index in [1.807, 2.05) is 0 Å². The lowest BCUT2D eigenvalue weighted by Gasteiger charge is -2.15. The lowest BCUT2D eigenvalue weighted by Crippen LogP contribution is -2.27. The molecule has 0 atom stereocenters. The summed E-state index contributed by atoms with van der Waals surface area (Å²) >= 11 is 0. The van der Waals surface area contributed by atoms with Gasteiger partial charge in [0.1, 0.15) is 22.4 Å². The van der Waals surface area contributed by atoms with Gasteiger partial charge in [-0.25, -0.2) is 22.8 Å². The molecule has 1 aliphatic rings. The van der Waals surface area contributed by atoms with Crippen LogP contribution in [0.5, 0.6) is 0 Å². The number of anilines is 1. The zero-order valence-corrected chi connectivity index (χ0v) is 15.5. The number of sulfonamides is 1. The summed E-state index contributed by atoms with van der Waals surface area (Å²) in [6, 6.07) is 7.68. The first-order chi connectivity index (χ1) is 13.0. The van der Waals surface area contributed by atoms with Gasteiger partial charge in [0.05, 0.1) is 11.0 Å². The zero-order chi connectivity index (χ0) is 18.9. The summed E-state index contributed by atoms with van der Waals surface area (Å²) in [5.41, 5.74) is 1.39. The van der Waals surface area contributed by atoms with E-state index in [4.69, 9.17) is 0 Å². The van der Waals surface area contributed by atoms with Gasteiger partial charge < -0.3 is 10.3 Å². The van der Waals surface area contributed by atoms with Crippen molar-refractivity contribution in [1.29, 1.82) is 0 Å². The lowest BCUT2D eigenvalue weighted by molar-refractivity contribution is 0.477. The summed E-state index contributed by atoms with van der Waals surface area (Å²) in [6.45, 7) is 1.71. The number of aromatic amines is 1. The molecule has 142 valence electrons. The van der Waals surface area contributed by atoms with E-state index >= 15 is 0 Å². The molecule has 9 heteroatoms. The molecule has 0 saturated carbocycles. The lowest BCUT2D eigenvalue weighted by atomic mass is 10.3. The Kier molecular flexibility index (Phi) is 4.79. The molecule has 1 aromatic carbocycles. The van der Waals surface area contributed by atoms with Crippen LogP contribution in [0.1, 0.15) is 18.7 Å². The number of nitrogens with one attached hydrogen (secondary N) is 2. The van der Waals surface area contributed by atoms with Gasteiger partial charge in [0, 0.05) is 32.3 Å². The molecule has 0 spiro atoms. The summed E-state index contributed by atoms with van der Waals surface area (Å²) in [5.74, 6) is 1.04. The van der Waals surface area contributed by atoms with E-state index in [-0.39, 0.29) is 10.7 Å². The average Bonchev–Trinajstić information content (AvgIpc) is 3.31. The Labute approximate surface area is 156 Å². The third kappa shape index (κ3) is 3.79. The summed E-state index contributed by atoms with van der Waals surface area (Å²) in [4.78, 5) is 11.9. The molecular formula is C18H20FN5O2S. The summed E-state index contributed by atoms with van der Waals surface area (Å²) in [5, 5.41) is 3.14. The maximum Gasteiger partial charge on any atom is 0.244 e. The monoisotopic (exact) mass is 389 g/mol. The van der Waals surface area contributed by atoms with Crippen molar-refractivity contribution in [3.8, 4) is 0 Å². The van der Waals surface area contributed by atoms with Gasteiger partial charge in [-0.1, -0.05) is 0 Å². The maximum absolute atomic E-state index is 13.2. The van der Waals surface area contributed by atoms with Crippen LogP contribution in [0, 0.1) is 5.82 Å². The molecule has 1 saturated heterocycles. The summed E-state index contributed by atoms with van der Waals surface area (Å²) in [7, 11) is -3.44. The van der Waals surface area contributed by atoms with E-state index < -0.39 is 10.0 Å². The first-order valence-electron chi connectivity index (χ1n) is 8.86. The predicted octanol–water partition coefficient (Wildman–Crippen LogP) is 2.54. The molecule has 1 aliphatic heterocycles. The van der Waals surface area contributed by atoms with E-state index in [0.29, 0.717) is 37.4 Å². The molecule has 2 N–H and O–H groups in total. The highest BCUT2D eigenvalue weighted by molar-refractivity contribution is 7.89. The van der Waals surface area contributed by atoms with Gasteiger partial charge in [-0.3, -0.25) is 0 Å². The van der Waals surface area contributed by atoms with Gasteiger partial charge in [0.2, 0.25) is 10.0 Å². The fourth-order valence-corrected chi connectivity index (χ4v) is 4.64. The number of hydrogen-bond donors (Lipinski definition) is 2. The Balaban J connectivity index is 1.37. The fraction of sp³-hybridized carbons (Fsp3) is 0.333. The van der Waals surface area contributed by atoms with Crippen molar-refractivity contribution in [3.05, 3.63) is 48.2 Å². The van der Waals surface area contributed by atoms with Crippen LogP contribution in [0.4, 0.5) is 10.2 Å². The minimum atomic E-state index is -3.44. The third-order valence-electron chi connectivity index (χ3n) is 4.60. The normalized spacial score (nSPS) is 15.4. The predicted molar refractivity (Wildman–Crippen MR) is 100 cm³/mol. The van der Waals surface area contributed by atoms with Crippen LogP contribution in [0.2, 0.25) is 0 Å². The summed E-state index contributed by atoms with van der Waals surface area (Å²) < 4.78 is 39.7. The van der Waals surface area contributed by atoms with Gasteiger partial charge in [-0.05, 0) is 43.2 Å². The van der Waals surface area contributed by atoms with Gasteiger partial charge >= 0.3 is 0 Å². The fourth-order valence-electron chi connectivity index (χ4n) is 3.18. The molecular weight excluding hydrogens is 369 g/mol. The quantitative estimate of drug-likeness (QED) is 0.676. The molecule has 3 aromatic rings. The molecule has 0 aliphatic carbocycles. The number of nitrogens with zero attached hydrogens (tertiary/aromatic N) is 3. The van der Waals surface area contributed by atoms with Crippen LogP contribution in [0.15, 0.2) is 41.4 Å². The topological polar surface area (TPSA) is 91.0 Å². The molecule has 4 rings (SSSR count). The van der Waals surface area contributed by atoms with Crippen molar-refractivity contribution in [3.63, 3.8) is 0 Å². The molecule has 1 fully saturated rings. The number of benzene rings is 1. The number of aromatic nitrogens is 3. The van der Waals surface area contributed by atoms with Gasteiger partial charge in [-0.2, -0.15) is 4.31 Å². The van der Waals surface area contributed by atoms with Crippen molar-refractivity contribution >= 4 is 26.9 Å². The minimum Gasteiger partial charge on any atom is -0.370 e. The van der Waals surface area contributed by atoms with Gasteiger partial charge in [0.15, 0.2) is 0 Å². The second kappa shape index (κ2) is 7.24. The maximum atomic E-state index is 13.2. The van der Waals surface area contributed by atoms with Crippen molar-refractivity contribution in [2.45, 2.75) is 24.2 Å². The van der Waals surface area contributed by atoms with Crippen LogP contribution in [-0.2, 0) is 16.4 Å².